The third kappa shape index (κ3) is 3.67. The topological polar surface area (TPSA) is 63.7 Å². The third-order valence-corrected chi connectivity index (χ3v) is 7.79. The maximum atomic E-state index is 14.2. The van der Waals surface area contributed by atoms with E-state index in [9.17, 15) is 22.0 Å². The van der Waals surface area contributed by atoms with E-state index < -0.39 is 45.5 Å². The minimum absolute atomic E-state index is 0.0447. The van der Waals surface area contributed by atoms with Crippen LogP contribution in [-0.4, -0.2) is 49.1 Å². The minimum Gasteiger partial charge on any atom is -0.459 e. The Hall–Kier alpha value is -2.32. The summed E-state index contributed by atoms with van der Waals surface area (Å²) in [7, 11) is -3.75. The second kappa shape index (κ2) is 7.18. The van der Waals surface area contributed by atoms with Gasteiger partial charge in [-0.05, 0) is 24.1 Å². The SMILES string of the molecule is O=C(OCc1ccccc1)C12CC(S(=O)(=O)c3ccccc3)CN1CC(F)(F)C2. The van der Waals surface area contributed by atoms with Crippen LogP contribution in [0, 0.1) is 0 Å². The summed E-state index contributed by atoms with van der Waals surface area (Å²) in [5.41, 5.74) is -0.884. The standard InChI is InChI=1S/C21H21F2NO4S/c22-21(23)14-20(19(25)28-13-16-7-3-1-4-8-16)11-18(12-24(20)15-21)29(26,27)17-9-5-2-6-10-17/h1-10,18H,11-15H2. The van der Waals surface area contributed by atoms with Crippen molar-refractivity contribution in [1.82, 2.24) is 4.90 Å². The molecule has 2 atom stereocenters. The maximum Gasteiger partial charge on any atom is 0.327 e. The first-order valence-electron chi connectivity index (χ1n) is 9.36. The number of rotatable bonds is 5. The van der Waals surface area contributed by atoms with E-state index >= 15 is 0 Å². The molecule has 0 aliphatic carbocycles. The zero-order valence-corrected chi connectivity index (χ0v) is 16.4. The van der Waals surface area contributed by atoms with Crippen LogP contribution in [0.3, 0.4) is 0 Å². The average molecular weight is 421 g/mol. The van der Waals surface area contributed by atoms with Crippen LogP contribution >= 0.6 is 0 Å². The molecule has 0 radical (unpaired) electrons. The molecule has 5 nitrogen and oxygen atoms in total. The monoisotopic (exact) mass is 421 g/mol. The van der Waals surface area contributed by atoms with Crippen molar-refractivity contribution in [2.45, 2.75) is 41.1 Å². The summed E-state index contributed by atoms with van der Waals surface area (Å²) in [6.07, 6.45) is -0.929. The molecule has 4 rings (SSSR count). The van der Waals surface area contributed by atoms with Crippen LogP contribution in [0.4, 0.5) is 8.78 Å². The largest absolute Gasteiger partial charge is 0.459 e. The van der Waals surface area contributed by atoms with Crippen LogP contribution < -0.4 is 0 Å². The predicted octanol–water partition coefficient (Wildman–Crippen LogP) is 3.06. The van der Waals surface area contributed by atoms with E-state index in [1.54, 1.807) is 42.5 Å². The lowest BCUT2D eigenvalue weighted by atomic mass is 9.93. The Morgan fingerprint density at radius 1 is 1.07 bits per heavy atom. The van der Waals surface area contributed by atoms with Gasteiger partial charge in [-0.1, -0.05) is 48.5 Å². The number of carbonyl (C=O) groups is 1. The number of sulfone groups is 1. The Balaban J connectivity index is 1.58. The Kier molecular flexibility index (Phi) is 4.94. The summed E-state index contributed by atoms with van der Waals surface area (Å²) >= 11 is 0. The number of alkyl halides is 2. The average Bonchev–Trinajstić information content (AvgIpc) is 3.18. The van der Waals surface area contributed by atoms with Crippen molar-refractivity contribution < 1.29 is 26.7 Å². The zero-order chi connectivity index (χ0) is 20.7. The summed E-state index contributed by atoms with van der Waals surface area (Å²) in [6, 6.07) is 16.8. The summed E-state index contributed by atoms with van der Waals surface area (Å²) in [4.78, 5) is 14.4. The van der Waals surface area contributed by atoms with Crippen LogP contribution in [0.1, 0.15) is 18.4 Å². The van der Waals surface area contributed by atoms with E-state index in [0.717, 1.165) is 5.56 Å². The molecule has 8 heteroatoms. The van der Waals surface area contributed by atoms with E-state index in [4.69, 9.17) is 4.74 Å². The number of hydrogen-bond acceptors (Lipinski definition) is 5. The van der Waals surface area contributed by atoms with Gasteiger partial charge in [-0.2, -0.15) is 0 Å². The molecule has 0 N–H and O–H groups in total. The molecule has 2 aliphatic heterocycles. The molecule has 2 aromatic carbocycles. The van der Waals surface area contributed by atoms with E-state index in [2.05, 4.69) is 0 Å². The number of esters is 1. The highest BCUT2D eigenvalue weighted by Crippen LogP contribution is 2.48. The Morgan fingerprint density at radius 2 is 1.69 bits per heavy atom. The van der Waals surface area contributed by atoms with Gasteiger partial charge in [-0.3, -0.25) is 9.69 Å². The van der Waals surface area contributed by atoms with Crippen molar-refractivity contribution in [3.63, 3.8) is 0 Å². The van der Waals surface area contributed by atoms with Crippen molar-refractivity contribution in [2.24, 2.45) is 0 Å². The lowest BCUT2D eigenvalue weighted by Gasteiger charge is -2.28. The molecule has 2 saturated heterocycles. The first-order valence-corrected chi connectivity index (χ1v) is 10.9. The molecule has 2 aromatic rings. The fourth-order valence-corrected chi connectivity index (χ4v) is 6.10. The van der Waals surface area contributed by atoms with Crippen LogP contribution in [0.25, 0.3) is 0 Å². The van der Waals surface area contributed by atoms with Crippen molar-refractivity contribution in [3.05, 3.63) is 66.2 Å². The second-order valence-corrected chi connectivity index (χ2v) is 9.92. The minimum atomic E-state index is -3.75. The van der Waals surface area contributed by atoms with Gasteiger partial charge < -0.3 is 4.74 Å². The van der Waals surface area contributed by atoms with Crippen molar-refractivity contribution in [1.29, 1.82) is 0 Å². The molecule has 0 aromatic heterocycles. The summed E-state index contributed by atoms with van der Waals surface area (Å²) in [5.74, 6) is -3.85. The molecular formula is C21H21F2NO4S. The van der Waals surface area contributed by atoms with Gasteiger partial charge >= 0.3 is 5.97 Å². The first-order chi connectivity index (χ1) is 13.7. The first kappa shape index (κ1) is 20.0. The number of hydrogen-bond donors (Lipinski definition) is 0. The second-order valence-electron chi connectivity index (χ2n) is 7.69. The molecule has 2 heterocycles. The predicted molar refractivity (Wildman–Crippen MR) is 102 cm³/mol. The lowest BCUT2D eigenvalue weighted by Crippen LogP contribution is -2.46. The Labute approximate surface area is 168 Å². The molecule has 2 aliphatic rings. The normalized spacial score (nSPS) is 26.2. The van der Waals surface area contributed by atoms with Gasteiger partial charge in [0.05, 0.1) is 16.7 Å². The van der Waals surface area contributed by atoms with Crippen molar-refractivity contribution >= 4 is 15.8 Å². The van der Waals surface area contributed by atoms with E-state index in [0.29, 0.717) is 0 Å². The molecular weight excluding hydrogens is 400 g/mol. The van der Waals surface area contributed by atoms with Gasteiger partial charge in [0.2, 0.25) is 0 Å². The Bertz CT molecular complexity index is 998. The highest BCUT2D eigenvalue weighted by molar-refractivity contribution is 7.92. The van der Waals surface area contributed by atoms with Crippen LogP contribution in [0.5, 0.6) is 0 Å². The molecule has 2 unspecified atom stereocenters. The number of benzene rings is 2. The van der Waals surface area contributed by atoms with E-state index in [-0.39, 0.29) is 24.5 Å². The van der Waals surface area contributed by atoms with Gasteiger partial charge in [-0.15, -0.1) is 0 Å². The molecule has 29 heavy (non-hydrogen) atoms. The lowest BCUT2D eigenvalue weighted by molar-refractivity contribution is -0.156. The number of nitrogens with zero attached hydrogens (tertiary/aromatic N) is 1. The van der Waals surface area contributed by atoms with Crippen molar-refractivity contribution in [3.8, 4) is 0 Å². The third-order valence-electron chi connectivity index (χ3n) is 5.67. The maximum absolute atomic E-state index is 14.2. The number of halogens is 2. The van der Waals surface area contributed by atoms with Gasteiger partial charge in [0.1, 0.15) is 12.1 Å². The fourth-order valence-electron chi connectivity index (χ4n) is 4.31. The zero-order valence-electron chi connectivity index (χ0n) is 15.6. The highest BCUT2D eigenvalue weighted by atomic mass is 32.2. The molecule has 0 saturated carbocycles. The summed E-state index contributed by atoms with van der Waals surface area (Å²) in [6.45, 7) is -0.807. The van der Waals surface area contributed by atoms with Crippen molar-refractivity contribution in [2.75, 3.05) is 13.1 Å². The number of fused-ring (bicyclic) bond motifs is 1. The van der Waals surface area contributed by atoms with Crippen LogP contribution in [0.15, 0.2) is 65.6 Å². The smallest absolute Gasteiger partial charge is 0.327 e. The summed E-state index contributed by atoms with van der Waals surface area (Å²) < 4.78 is 59.7. The quantitative estimate of drug-likeness (QED) is 0.695. The van der Waals surface area contributed by atoms with Gasteiger partial charge in [0.25, 0.3) is 5.92 Å². The summed E-state index contributed by atoms with van der Waals surface area (Å²) in [5, 5.41) is -0.940. The fraction of sp³-hybridized carbons (Fsp3) is 0.381. The molecule has 0 amide bonds. The molecule has 0 bridgehead atoms. The van der Waals surface area contributed by atoms with E-state index in [1.807, 2.05) is 6.07 Å². The molecule has 154 valence electrons. The number of ether oxygens (including phenoxy) is 1. The van der Waals surface area contributed by atoms with Crippen LogP contribution in [0.2, 0.25) is 0 Å². The Morgan fingerprint density at radius 3 is 2.34 bits per heavy atom. The van der Waals surface area contributed by atoms with Gasteiger partial charge in [-0.25, -0.2) is 17.2 Å². The highest BCUT2D eigenvalue weighted by Gasteiger charge is 2.65. The van der Waals surface area contributed by atoms with E-state index in [1.165, 1.54) is 17.0 Å². The molecule has 2 fully saturated rings. The van der Waals surface area contributed by atoms with Gasteiger partial charge in [0.15, 0.2) is 9.84 Å². The number of carbonyl (C=O) groups excluding carboxylic acids is 1. The van der Waals surface area contributed by atoms with Crippen LogP contribution in [-0.2, 0) is 26.0 Å². The molecule has 0 spiro atoms. The van der Waals surface area contributed by atoms with Gasteiger partial charge in [0, 0.05) is 13.0 Å².